The van der Waals surface area contributed by atoms with Crippen molar-refractivity contribution in [3.8, 4) is 0 Å². The van der Waals surface area contributed by atoms with Crippen molar-refractivity contribution in [2.24, 2.45) is 5.73 Å². The highest BCUT2D eigenvalue weighted by molar-refractivity contribution is 7.99. The number of hydrogen-bond acceptors (Lipinski definition) is 4. The Morgan fingerprint density at radius 2 is 1.75 bits per heavy atom. The topological polar surface area (TPSA) is 75.7 Å². The maximum absolute atomic E-state index is 7.27. The molecule has 0 radical (unpaired) electrons. The Morgan fingerprint density at radius 3 is 2.31 bits per heavy atom. The lowest BCUT2D eigenvalue weighted by Crippen LogP contribution is -2.10. The first-order valence-corrected chi connectivity index (χ1v) is 5.47. The first-order chi connectivity index (χ1) is 7.75. The fraction of sp³-hybridized carbons (Fsp3) is 0. The van der Waals surface area contributed by atoms with Crippen molar-refractivity contribution in [1.29, 1.82) is 5.41 Å². The summed E-state index contributed by atoms with van der Waals surface area (Å²) in [6.45, 7) is 0. The molecule has 2 aromatic rings. The molecule has 0 atom stereocenters. The normalized spacial score (nSPS) is 10.0. The van der Waals surface area contributed by atoms with Crippen LogP contribution in [0.5, 0.6) is 0 Å². The summed E-state index contributed by atoms with van der Waals surface area (Å²) >= 11 is 1.47. The zero-order chi connectivity index (χ0) is 11.4. The van der Waals surface area contributed by atoms with Crippen LogP contribution in [0, 0.1) is 5.41 Å². The Balaban J connectivity index is 2.14. The fourth-order valence-corrected chi connectivity index (χ4v) is 1.86. The molecular weight excluding hydrogens is 220 g/mol. The monoisotopic (exact) mass is 230 g/mol. The van der Waals surface area contributed by atoms with Crippen LogP contribution in [0.3, 0.4) is 0 Å². The van der Waals surface area contributed by atoms with Gasteiger partial charge in [0.15, 0.2) is 5.16 Å². The molecule has 4 nitrogen and oxygen atoms in total. The molecule has 1 heterocycles. The summed E-state index contributed by atoms with van der Waals surface area (Å²) in [5.41, 5.74) is 6.09. The lowest BCUT2D eigenvalue weighted by Gasteiger charge is -2.01. The summed E-state index contributed by atoms with van der Waals surface area (Å²) in [5, 5.41) is 7.98. The Kier molecular flexibility index (Phi) is 3.16. The van der Waals surface area contributed by atoms with Crippen LogP contribution < -0.4 is 5.73 Å². The molecular formula is C11H10N4S. The number of hydrogen-bond donors (Lipinski definition) is 2. The van der Waals surface area contributed by atoms with Crippen molar-refractivity contribution < 1.29 is 0 Å². The van der Waals surface area contributed by atoms with E-state index >= 15 is 0 Å². The summed E-state index contributed by atoms with van der Waals surface area (Å²) in [4.78, 5) is 9.26. The lowest BCUT2D eigenvalue weighted by molar-refractivity contribution is 0.967. The Hall–Kier alpha value is -1.88. The molecule has 0 bridgehead atoms. The van der Waals surface area contributed by atoms with Crippen LogP contribution in [0.1, 0.15) is 5.56 Å². The molecule has 16 heavy (non-hydrogen) atoms. The molecule has 2 rings (SSSR count). The van der Waals surface area contributed by atoms with Crippen molar-refractivity contribution >= 4 is 17.6 Å². The zero-order valence-electron chi connectivity index (χ0n) is 8.42. The smallest absolute Gasteiger partial charge is 0.192 e. The van der Waals surface area contributed by atoms with Crippen molar-refractivity contribution in [2.45, 2.75) is 10.1 Å². The van der Waals surface area contributed by atoms with E-state index in [1.165, 1.54) is 11.8 Å². The number of nitrogens with one attached hydrogen (secondary N) is 1. The van der Waals surface area contributed by atoms with E-state index in [4.69, 9.17) is 11.1 Å². The molecule has 0 aliphatic rings. The molecule has 0 unspecified atom stereocenters. The predicted molar refractivity (Wildman–Crippen MR) is 63.6 cm³/mol. The van der Waals surface area contributed by atoms with Gasteiger partial charge in [-0.25, -0.2) is 9.97 Å². The van der Waals surface area contributed by atoms with Gasteiger partial charge in [0.2, 0.25) is 0 Å². The average molecular weight is 230 g/mol. The van der Waals surface area contributed by atoms with Crippen molar-refractivity contribution in [3.05, 3.63) is 48.3 Å². The zero-order valence-corrected chi connectivity index (χ0v) is 9.24. The largest absolute Gasteiger partial charge is 0.384 e. The SMILES string of the molecule is N=C(N)c1ccc(Sc2ncccn2)cc1. The molecule has 0 fully saturated rings. The van der Waals surface area contributed by atoms with Gasteiger partial charge < -0.3 is 5.73 Å². The highest BCUT2D eigenvalue weighted by Crippen LogP contribution is 2.23. The minimum absolute atomic E-state index is 0.0764. The molecule has 1 aromatic carbocycles. The molecule has 80 valence electrons. The van der Waals surface area contributed by atoms with Crippen LogP contribution in [-0.4, -0.2) is 15.8 Å². The van der Waals surface area contributed by atoms with Crippen LogP contribution in [0.15, 0.2) is 52.8 Å². The maximum atomic E-state index is 7.27. The number of aromatic nitrogens is 2. The highest BCUT2D eigenvalue weighted by Gasteiger charge is 2.00. The minimum atomic E-state index is 0.0764. The van der Waals surface area contributed by atoms with Gasteiger partial charge in [0.25, 0.3) is 0 Å². The van der Waals surface area contributed by atoms with Gasteiger partial charge in [0.05, 0.1) is 0 Å². The quantitative estimate of drug-likeness (QED) is 0.480. The van der Waals surface area contributed by atoms with Crippen molar-refractivity contribution in [3.63, 3.8) is 0 Å². The van der Waals surface area contributed by atoms with E-state index in [1.54, 1.807) is 18.5 Å². The molecule has 0 saturated heterocycles. The number of benzene rings is 1. The molecule has 1 aromatic heterocycles. The molecule has 3 N–H and O–H groups in total. The predicted octanol–water partition coefficient (Wildman–Crippen LogP) is 1.91. The Bertz CT molecular complexity index is 481. The number of nitrogens with two attached hydrogens (primary N) is 1. The average Bonchev–Trinajstić information content (AvgIpc) is 2.31. The first-order valence-electron chi connectivity index (χ1n) is 4.65. The minimum Gasteiger partial charge on any atom is -0.384 e. The fourth-order valence-electron chi connectivity index (χ4n) is 1.15. The van der Waals surface area contributed by atoms with Gasteiger partial charge >= 0.3 is 0 Å². The number of rotatable bonds is 3. The molecule has 0 aliphatic heterocycles. The third-order valence-electron chi connectivity index (χ3n) is 1.92. The van der Waals surface area contributed by atoms with E-state index in [2.05, 4.69) is 9.97 Å². The van der Waals surface area contributed by atoms with Crippen molar-refractivity contribution in [1.82, 2.24) is 9.97 Å². The van der Waals surface area contributed by atoms with E-state index in [1.807, 2.05) is 24.3 Å². The Morgan fingerprint density at radius 1 is 1.12 bits per heavy atom. The van der Waals surface area contributed by atoms with Gasteiger partial charge in [0.1, 0.15) is 5.84 Å². The first kappa shape index (κ1) is 10.6. The van der Waals surface area contributed by atoms with Crippen LogP contribution >= 0.6 is 11.8 Å². The van der Waals surface area contributed by atoms with Crippen LogP contribution in [0.4, 0.5) is 0 Å². The van der Waals surface area contributed by atoms with Gasteiger partial charge in [-0.3, -0.25) is 5.41 Å². The highest BCUT2D eigenvalue weighted by atomic mass is 32.2. The summed E-state index contributed by atoms with van der Waals surface area (Å²) in [6, 6.07) is 9.21. The summed E-state index contributed by atoms with van der Waals surface area (Å²) in [5.74, 6) is 0.0764. The van der Waals surface area contributed by atoms with Gasteiger partial charge in [-0.15, -0.1) is 0 Å². The van der Waals surface area contributed by atoms with Crippen LogP contribution in [0.25, 0.3) is 0 Å². The van der Waals surface area contributed by atoms with Gasteiger partial charge in [-0.2, -0.15) is 0 Å². The van der Waals surface area contributed by atoms with E-state index < -0.39 is 0 Å². The summed E-state index contributed by atoms with van der Waals surface area (Å²) in [6.07, 6.45) is 3.42. The van der Waals surface area contributed by atoms with Gasteiger partial charge in [-0.05, 0) is 30.0 Å². The van der Waals surface area contributed by atoms with Crippen LogP contribution in [-0.2, 0) is 0 Å². The molecule has 0 amide bonds. The third-order valence-corrected chi connectivity index (χ3v) is 2.82. The molecule has 0 aliphatic carbocycles. The van der Waals surface area contributed by atoms with E-state index in [9.17, 15) is 0 Å². The number of amidine groups is 1. The Labute approximate surface area is 97.4 Å². The van der Waals surface area contributed by atoms with Gasteiger partial charge in [-0.1, -0.05) is 12.1 Å². The lowest BCUT2D eigenvalue weighted by atomic mass is 10.2. The second kappa shape index (κ2) is 4.76. The van der Waals surface area contributed by atoms with E-state index in [0.29, 0.717) is 5.16 Å². The second-order valence-electron chi connectivity index (χ2n) is 3.07. The number of nitrogens with zero attached hydrogens (tertiary/aromatic N) is 2. The summed E-state index contributed by atoms with van der Waals surface area (Å²) < 4.78 is 0. The van der Waals surface area contributed by atoms with E-state index in [-0.39, 0.29) is 5.84 Å². The standard InChI is InChI=1S/C11H10N4S/c12-10(13)8-2-4-9(5-3-8)16-11-14-6-1-7-15-11/h1-7H,(H3,12,13). The maximum Gasteiger partial charge on any atom is 0.192 e. The van der Waals surface area contributed by atoms with Gasteiger partial charge in [0, 0.05) is 22.9 Å². The number of nitrogen functional groups attached to an aromatic ring is 1. The molecule has 0 saturated carbocycles. The third kappa shape index (κ3) is 2.58. The molecule has 5 heteroatoms. The second-order valence-corrected chi connectivity index (χ2v) is 4.11. The van der Waals surface area contributed by atoms with E-state index in [0.717, 1.165) is 10.5 Å². The van der Waals surface area contributed by atoms with Crippen molar-refractivity contribution in [2.75, 3.05) is 0 Å². The van der Waals surface area contributed by atoms with Crippen LogP contribution in [0.2, 0.25) is 0 Å². The molecule has 0 spiro atoms. The summed E-state index contributed by atoms with van der Waals surface area (Å²) in [7, 11) is 0.